The molecule has 118 valence electrons. The SMILES string of the molecule is CCN(CC)C(=O)c1[c-]c(OCOC)c(OCOC)cc1.[Li+]. The average molecular weight is 303 g/mol. The molecular weight excluding hydrogens is 281 g/mol. The van der Waals surface area contributed by atoms with Crippen LogP contribution in [0.5, 0.6) is 11.5 Å². The van der Waals surface area contributed by atoms with Crippen LogP contribution >= 0.6 is 0 Å². The molecule has 1 aromatic rings. The standard InChI is InChI=1S/C15H22NO5.Li/c1-5-16(6-2)15(17)12-7-8-13(20-10-18-3)14(9-12)21-11-19-4;/h7-8H,5-6,10-11H2,1-4H3;/q-1;+1. The first-order chi connectivity index (χ1) is 10.2. The third-order valence-electron chi connectivity index (χ3n) is 2.81. The molecule has 7 heteroatoms. The monoisotopic (exact) mass is 303 g/mol. The van der Waals surface area contributed by atoms with Crippen molar-refractivity contribution in [2.45, 2.75) is 13.8 Å². The van der Waals surface area contributed by atoms with Gasteiger partial charge in [0.2, 0.25) is 0 Å². The van der Waals surface area contributed by atoms with Gasteiger partial charge in [-0.15, -0.1) is 6.07 Å². The van der Waals surface area contributed by atoms with Crippen molar-refractivity contribution in [1.82, 2.24) is 4.90 Å². The molecule has 0 aromatic heterocycles. The van der Waals surface area contributed by atoms with E-state index < -0.39 is 0 Å². The van der Waals surface area contributed by atoms with E-state index in [1.54, 1.807) is 17.0 Å². The van der Waals surface area contributed by atoms with Crippen LogP contribution in [0.4, 0.5) is 0 Å². The second-order valence-corrected chi connectivity index (χ2v) is 4.14. The number of carbonyl (C=O) groups is 1. The molecule has 1 rings (SSSR count). The normalized spacial score (nSPS) is 9.82. The Labute approximate surface area is 143 Å². The maximum atomic E-state index is 12.3. The number of benzene rings is 1. The maximum Gasteiger partial charge on any atom is 1.00 e. The molecular formula is C15H22LiNO5. The van der Waals surface area contributed by atoms with Gasteiger partial charge in [0.25, 0.3) is 0 Å². The first-order valence-electron chi connectivity index (χ1n) is 6.76. The predicted octanol–water partition coefficient (Wildman–Crippen LogP) is -1.06. The summed E-state index contributed by atoms with van der Waals surface area (Å²) in [6.07, 6.45) is 0. The average Bonchev–Trinajstić information content (AvgIpc) is 2.52. The van der Waals surface area contributed by atoms with Gasteiger partial charge >= 0.3 is 18.9 Å². The summed E-state index contributed by atoms with van der Waals surface area (Å²) in [5.74, 6) is 0.678. The molecule has 1 amide bonds. The van der Waals surface area contributed by atoms with Crippen molar-refractivity contribution in [2.24, 2.45) is 0 Å². The van der Waals surface area contributed by atoms with E-state index in [1.807, 2.05) is 13.8 Å². The van der Waals surface area contributed by atoms with E-state index in [2.05, 4.69) is 6.07 Å². The van der Waals surface area contributed by atoms with Crippen molar-refractivity contribution in [3.05, 3.63) is 23.8 Å². The molecule has 0 saturated carbocycles. The Balaban J connectivity index is 0.00000441. The Morgan fingerprint density at radius 1 is 1.09 bits per heavy atom. The Hall–Kier alpha value is -1.19. The van der Waals surface area contributed by atoms with Gasteiger partial charge in [-0.3, -0.25) is 0 Å². The second kappa shape index (κ2) is 11.4. The van der Waals surface area contributed by atoms with Crippen molar-refractivity contribution >= 4 is 5.91 Å². The zero-order valence-corrected chi connectivity index (χ0v) is 14.0. The summed E-state index contributed by atoms with van der Waals surface area (Å²) >= 11 is 0. The number of ether oxygens (including phenoxy) is 4. The summed E-state index contributed by atoms with van der Waals surface area (Å²) in [4.78, 5) is 14.0. The zero-order chi connectivity index (χ0) is 15.7. The van der Waals surface area contributed by atoms with E-state index in [0.717, 1.165) is 0 Å². The largest absolute Gasteiger partial charge is 1.00 e. The van der Waals surface area contributed by atoms with E-state index >= 15 is 0 Å². The fourth-order valence-electron chi connectivity index (χ4n) is 1.73. The van der Waals surface area contributed by atoms with Gasteiger partial charge in [-0.2, -0.15) is 0 Å². The summed E-state index contributed by atoms with van der Waals surface area (Å²) in [7, 11) is 3.04. The molecule has 22 heavy (non-hydrogen) atoms. The molecule has 0 bridgehead atoms. The summed E-state index contributed by atoms with van der Waals surface area (Å²) in [6, 6.07) is 6.25. The van der Waals surface area contributed by atoms with Crippen LogP contribution in [0.2, 0.25) is 0 Å². The van der Waals surface area contributed by atoms with Crippen molar-refractivity contribution in [3.63, 3.8) is 0 Å². The van der Waals surface area contributed by atoms with Gasteiger partial charge in [-0.05, 0) is 13.8 Å². The number of carbonyl (C=O) groups excluding carboxylic acids is 1. The van der Waals surface area contributed by atoms with Gasteiger partial charge < -0.3 is 28.6 Å². The summed E-state index contributed by atoms with van der Waals surface area (Å²) in [5, 5.41) is 0. The quantitative estimate of drug-likeness (QED) is 0.331. The van der Waals surface area contributed by atoms with E-state index in [-0.39, 0.29) is 38.4 Å². The van der Waals surface area contributed by atoms with Gasteiger partial charge in [-0.25, -0.2) is 0 Å². The summed E-state index contributed by atoms with van der Waals surface area (Å²) in [6.45, 7) is 5.27. The number of rotatable bonds is 9. The number of nitrogens with zero attached hydrogens (tertiary/aromatic N) is 1. The molecule has 0 spiro atoms. The van der Waals surface area contributed by atoms with Gasteiger partial charge in [0.05, 0.1) is 11.5 Å². The Kier molecular flexibility index (Phi) is 10.8. The number of amides is 1. The third-order valence-corrected chi connectivity index (χ3v) is 2.81. The van der Waals surface area contributed by atoms with Crippen LogP contribution in [-0.2, 0) is 9.47 Å². The molecule has 0 atom stereocenters. The minimum Gasteiger partial charge on any atom is -0.509 e. The molecule has 0 saturated heterocycles. The van der Waals surface area contributed by atoms with Crippen LogP contribution in [0.3, 0.4) is 0 Å². The zero-order valence-electron chi connectivity index (χ0n) is 14.0. The molecule has 0 unspecified atom stereocenters. The van der Waals surface area contributed by atoms with E-state index in [1.165, 1.54) is 14.2 Å². The van der Waals surface area contributed by atoms with E-state index in [0.29, 0.717) is 30.2 Å². The minimum atomic E-state index is -0.0967. The van der Waals surface area contributed by atoms with Crippen molar-refractivity contribution < 1.29 is 42.6 Å². The van der Waals surface area contributed by atoms with E-state index in [9.17, 15) is 4.79 Å². The smallest absolute Gasteiger partial charge is 0.509 e. The maximum absolute atomic E-state index is 12.3. The Bertz CT molecular complexity index is 452. The topological polar surface area (TPSA) is 57.2 Å². The van der Waals surface area contributed by atoms with Crippen LogP contribution in [0.25, 0.3) is 0 Å². The molecule has 0 N–H and O–H groups in total. The molecule has 0 aliphatic rings. The number of hydrogen-bond acceptors (Lipinski definition) is 5. The molecule has 0 fully saturated rings. The molecule has 0 radical (unpaired) electrons. The second-order valence-electron chi connectivity index (χ2n) is 4.14. The first-order valence-corrected chi connectivity index (χ1v) is 6.76. The van der Waals surface area contributed by atoms with Crippen LogP contribution in [0.1, 0.15) is 24.2 Å². The number of methoxy groups -OCH3 is 2. The van der Waals surface area contributed by atoms with Crippen molar-refractivity contribution in [1.29, 1.82) is 0 Å². The predicted molar refractivity (Wildman–Crippen MR) is 77.5 cm³/mol. The molecule has 1 aromatic carbocycles. The van der Waals surface area contributed by atoms with Crippen LogP contribution in [0, 0.1) is 6.07 Å². The van der Waals surface area contributed by atoms with Crippen LogP contribution < -0.4 is 28.3 Å². The van der Waals surface area contributed by atoms with E-state index in [4.69, 9.17) is 18.9 Å². The van der Waals surface area contributed by atoms with Gasteiger partial charge in [-0.1, -0.05) is 17.7 Å². The van der Waals surface area contributed by atoms with Crippen molar-refractivity contribution in [3.8, 4) is 11.5 Å². The van der Waals surface area contributed by atoms with Crippen LogP contribution in [-0.4, -0.2) is 51.7 Å². The number of hydrogen-bond donors (Lipinski definition) is 0. The van der Waals surface area contributed by atoms with Crippen molar-refractivity contribution in [2.75, 3.05) is 40.9 Å². The summed E-state index contributed by atoms with van der Waals surface area (Å²) < 4.78 is 20.5. The molecule has 0 heterocycles. The first kappa shape index (κ1) is 20.8. The van der Waals surface area contributed by atoms with Gasteiger partial charge in [0, 0.05) is 27.3 Å². The van der Waals surface area contributed by atoms with Gasteiger partial charge in [0.1, 0.15) is 0 Å². The van der Waals surface area contributed by atoms with Crippen LogP contribution in [0.15, 0.2) is 12.1 Å². The Morgan fingerprint density at radius 2 is 1.68 bits per heavy atom. The summed E-state index contributed by atoms with van der Waals surface area (Å²) in [5.41, 5.74) is 0.426. The fraction of sp³-hybridized carbons (Fsp3) is 0.533. The third kappa shape index (κ3) is 5.89. The molecule has 0 aliphatic heterocycles. The minimum absolute atomic E-state index is 0. The molecule has 0 aliphatic carbocycles. The molecule has 6 nitrogen and oxygen atoms in total. The van der Waals surface area contributed by atoms with Gasteiger partial charge in [0.15, 0.2) is 19.5 Å². The Morgan fingerprint density at radius 3 is 2.23 bits per heavy atom. The fourth-order valence-corrected chi connectivity index (χ4v) is 1.73.